The SMILES string of the molecule is Cc1ccc2c(c1)O/C(=C\c1cccs1)C2=O.O=C1/C(=C/c2cc(Br)c(Br)s2)Oc2ccccc21.O=C1/C(=C/c2cc(Br)cs2)Oc2ccccc21.O=C1/C(=C/c2ccc(Br)s2)Oc2ccccc21.O=C1/C(=C/c2ccc(CC3Oc4ccccc4C3=O)cc2)Oc2ccccc21.O=C1/C(=C/c2cccs2)Oc2ccccc21.O=C1/C(=C/c2sccc2Br)Oc2ccccc21. The third kappa shape index (κ3) is 20.9. The first kappa shape index (κ1) is 89.5. The minimum atomic E-state index is -0.490. The van der Waals surface area contributed by atoms with Gasteiger partial charge in [-0.15, -0.1) is 68.0 Å². The number of rotatable bonds is 9. The quantitative estimate of drug-likeness (QED) is 0.123. The lowest BCUT2D eigenvalue weighted by atomic mass is 10.0. The van der Waals surface area contributed by atoms with Gasteiger partial charge in [-0.3, -0.25) is 38.4 Å². The topological polar surface area (TPSA) is 210 Å². The van der Waals surface area contributed by atoms with Crippen LogP contribution in [0.25, 0.3) is 42.5 Å². The number of aryl methyl sites for hydroxylation is 1. The van der Waals surface area contributed by atoms with E-state index in [0.717, 1.165) is 66.9 Å². The molecule has 8 aliphatic heterocycles. The molecule has 1 unspecified atom stereocenters. The summed E-state index contributed by atoms with van der Waals surface area (Å²) in [6, 6.07) is 81.8. The van der Waals surface area contributed by atoms with E-state index in [0.29, 0.717) is 137 Å². The van der Waals surface area contributed by atoms with Crippen LogP contribution in [0.2, 0.25) is 0 Å². The lowest BCUT2D eigenvalue weighted by molar-refractivity contribution is 0.0856. The minimum absolute atomic E-state index is 0.0181. The monoisotopic (exact) mass is 2140 g/mol. The van der Waals surface area contributed by atoms with Gasteiger partial charge in [-0.2, -0.15) is 0 Å². The van der Waals surface area contributed by atoms with Gasteiger partial charge < -0.3 is 37.9 Å². The zero-order valence-electron chi connectivity index (χ0n) is 67.4. The van der Waals surface area contributed by atoms with Crippen LogP contribution in [-0.2, 0) is 6.42 Å². The molecule has 27 heteroatoms. The van der Waals surface area contributed by atoms with Crippen molar-refractivity contribution in [2.75, 3.05) is 0 Å². The van der Waals surface area contributed by atoms with Crippen LogP contribution in [0, 0.1) is 6.92 Å². The summed E-state index contributed by atoms with van der Waals surface area (Å²) in [5, 5.41) is 7.88. The van der Waals surface area contributed by atoms with Crippen LogP contribution in [0.5, 0.6) is 46.0 Å². The molecular formula is C103H61Br5O16S6. The number of Topliss-reactive ketones (excluding diaryl/α,β-unsaturated/α-hetero) is 8. The van der Waals surface area contributed by atoms with Crippen molar-refractivity contribution in [1.29, 1.82) is 0 Å². The number of halogens is 5. The molecule has 640 valence electrons. The number of thiophene rings is 6. The molecule has 0 radical (unpaired) electrons. The Morgan fingerprint density at radius 1 is 0.300 bits per heavy atom. The second kappa shape index (κ2) is 40.7. The van der Waals surface area contributed by atoms with Crippen LogP contribution >= 0.6 is 148 Å². The average molecular weight is 2150 g/mol. The molecule has 0 aliphatic carbocycles. The molecule has 14 heterocycles. The highest BCUT2D eigenvalue weighted by atomic mass is 79.9. The summed E-state index contributed by atoms with van der Waals surface area (Å²) in [5.41, 5.74) is 8.00. The molecule has 0 bridgehead atoms. The first-order valence-corrected chi connectivity index (χ1v) is 48.6. The number of carbonyl (C=O) groups excluding carboxylic acids is 8. The highest BCUT2D eigenvalue weighted by Crippen LogP contribution is 2.42. The minimum Gasteiger partial charge on any atom is -0.481 e. The van der Waals surface area contributed by atoms with E-state index >= 15 is 0 Å². The molecule has 0 amide bonds. The van der Waals surface area contributed by atoms with Gasteiger partial charge in [0.05, 0.1) is 52.1 Å². The second-order valence-corrected chi connectivity index (χ2v) is 40.1. The maximum absolute atomic E-state index is 12.5. The molecule has 0 saturated carbocycles. The van der Waals surface area contributed by atoms with Crippen LogP contribution in [0.1, 0.15) is 129 Å². The summed E-state index contributed by atoms with van der Waals surface area (Å²) in [6.45, 7) is 1.98. The summed E-state index contributed by atoms with van der Waals surface area (Å²) in [5.74, 6) is 7.38. The summed E-state index contributed by atoms with van der Waals surface area (Å²) in [4.78, 5) is 103. The van der Waals surface area contributed by atoms with Crippen molar-refractivity contribution in [2.24, 2.45) is 0 Å². The summed E-state index contributed by atoms with van der Waals surface area (Å²) in [7, 11) is 0. The number of para-hydroxylation sites is 7. The molecule has 0 fully saturated rings. The Morgan fingerprint density at radius 2 is 0.692 bits per heavy atom. The Labute approximate surface area is 810 Å². The van der Waals surface area contributed by atoms with Gasteiger partial charge in [-0.1, -0.05) is 127 Å². The smallest absolute Gasteiger partial charge is 0.231 e. The van der Waals surface area contributed by atoms with Crippen molar-refractivity contribution >= 4 is 236 Å². The highest BCUT2D eigenvalue weighted by Gasteiger charge is 2.35. The van der Waals surface area contributed by atoms with Gasteiger partial charge in [0.25, 0.3) is 0 Å². The second-order valence-electron chi connectivity index (χ2n) is 28.7. The molecule has 0 saturated heterocycles. The third-order valence-corrected chi connectivity index (χ3v) is 29.8. The average Bonchev–Trinajstić information content (AvgIpc) is 1.67. The fraction of sp³-hybridized carbons (Fsp3) is 0.0291. The number of ether oxygens (including phenoxy) is 8. The third-order valence-electron chi connectivity index (χ3n) is 19.9. The van der Waals surface area contributed by atoms with Crippen molar-refractivity contribution in [1.82, 2.24) is 0 Å². The summed E-state index contributed by atoms with van der Waals surface area (Å²) >= 11 is 26.4. The van der Waals surface area contributed by atoms with E-state index in [9.17, 15) is 38.4 Å². The van der Waals surface area contributed by atoms with Gasteiger partial charge in [0.15, 0.2) is 46.4 Å². The molecule has 6 aromatic heterocycles. The number of hydrogen-bond donors (Lipinski definition) is 0. The lowest BCUT2D eigenvalue weighted by Gasteiger charge is -2.09. The fourth-order valence-electron chi connectivity index (χ4n) is 13.7. The van der Waals surface area contributed by atoms with Crippen LogP contribution in [0.15, 0.2) is 350 Å². The van der Waals surface area contributed by atoms with Gasteiger partial charge in [0, 0.05) is 90.9 Å². The number of benzene rings is 9. The number of carbonyl (C=O) groups is 8. The van der Waals surface area contributed by atoms with E-state index in [4.69, 9.17) is 37.9 Å². The molecule has 130 heavy (non-hydrogen) atoms. The molecule has 1 atom stereocenters. The van der Waals surface area contributed by atoms with Gasteiger partial charge in [-0.25, -0.2) is 0 Å². The van der Waals surface area contributed by atoms with Crippen molar-refractivity contribution in [2.45, 2.75) is 19.4 Å². The molecule has 8 aliphatic rings. The van der Waals surface area contributed by atoms with Crippen LogP contribution in [-0.4, -0.2) is 52.4 Å². The normalized spacial score (nSPS) is 16.6. The lowest BCUT2D eigenvalue weighted by Crippen LogP contribution is -2.23. The predicted octanol–water partition coefficient (Wildman–Crippen LogP) is 28.8. The van der Waals surface area contributed by atoms with Gasteiger partial charge in [0.2, 0.25) is 46.3 Å². The van der Waals surface area contributed by atoms with Crippen LogP contribution in [0.4, 0.5) is 0 Å². The summed E-state index contributed by atoms with van der Waals surface area (Å²) < 4.78 is 49.7. The summed E-state index contributed by atoms with van der Waals surface area (Å²) in [6.07, 6.45) is 12.4. The predicted molar refractivity (Wildman–Crippen MR) is 530 cm³/mol. The molecular weight excluding hydrogens is 2090 g/mol. The van der Waals surface area contributed by atoms with Gasteiger partial charge in [0.1, 0.15) is 46.0 Å². The number of allylic oxidation sites excluding steroid dienone is 7. The van der Waals surface area contributed by atoms with Crippen molar-refractivity contribution in [3.05, 3.63) is 440 Å². The van der Waals surface area contributed by atoms with E-state index in [-0.39, 0.29) is 46.3 Å². The molecule has 15 aromatic rings. The first-order chi connectivity index (χ1) is 63.1. The molecule has 23 rings (SSSR count). The van der Waals surface area contributed by atoms with Crippen LogP contribution in [0.3, 0.4) is 0 Å². The van der Waals surface area contributed by atoms with E-state index in [1.54, 1.807) is 183 Å². The van der Waals surface area contributed by atoms with Crippen LogP contribution < -0.4 is 37.9 Å². The molecule has 16 nitrogen and oxygen atoms in total. The fourth-order valence-corrected chi connectivity index (χ4v) is 21.1. The Hall–Kier alpha value is -12.5. The van der Waals surface area contributed by atoms with E-state index in [1.807, 2.05) is 223 Å². The number of fused-ring (bicyclic) bond motifs is 8. The Kier molecular flexibility index (Phi) is 28.0. The highest BCUT2D eigenvalue weighted by molar-refractivity contribution is 9.13. The number of ketones is 8. The van der Waals surface area contributed by atoms with Crippen molar-refractivity contribution in [3.63, 3.8) is 0 Å². The Balaban J connectivity index is 0.000000107. The van der Waals surface area contributed by atoms with Gasteiger partial charge in [-0.05, 0) is 265 Å². The van der Waals surface area contributed by atoms with Crippen molar-refractivity contribution < 1.29 is 76.3 Å². The van der Waals surface area contributed by atoms with Gasteiger partial charge >= 0.3 is 0 Å². The zero-order valence-corrected chi connectivity index (χ0v) is 80.2. The number of hydrogen-bond acceptors (Lipinski definition) is 22. The van der Waals surface area contributed by atoms with Crippen molar-refractivity contribution in [3.8, 4) is 46.0 Å². The standard InChI is InChI=1S/C24H16O4.C14H10O2S.C13H6Br2O2S.3C13H7BrO2S.C13H8O2S/c25-23-17-5-1-3-7-19(17)27-21(23)13-15-9-11-16(12-10-15)14-22-24(26)18-6-2-4-8-20(18)28-22;1-9-4-5-11-12(7-9)16-13(14(11)15)8-10-3-2-6-17-10;14-9-5-7(18-13(9)15)6-11-12(16)8-3-1-2-4-10(8)17-11;14-8-5-9(17-7-8)6-12-13(15)10-3-1-2-4-11(10)16-12;14-12-6-5-8(17-12)7-11-13(15)9-3-1-2-4-10(9)16-11;14-9-5-6-17-12(9)7-11-13(15)8-3-1-2-4-10(8)16-11;14-13-10-5-1-2-6-11(10)15-12(13)8-9-4-3-7-16-9/h1-13,22H,14H2;2-8H,1H3;1-6H;3*1-7H;1-8H/b21-13-;13-8-;11-6-;12-6-;2*11-7-;12-8-. The maximum atomic E-state index is 12.5. The largest absolute Gasteiger partial charge is 0.481 e. The Bertz CT molecular complexity index is 7110. The van der Waals surface area contributed by atoms with E-state index in [1.165, 1.54) is 0 Å². The maximum Gasteiger partial charge on any atom is 0.231 e. The molecule has 0 N–H and O–H groups in total. The first-order valence-electron chi connectivity index (χ1n) is 39.5. The zero-order chi connectivity index (χ0) is 90.1. The molecule has 9 aromatic carbocycles. The molecule has 0 spiro atoms. The van der Waals surface area contributed by atoms with E-state index < -0.39 is 6.10 Å². The Morgan fingerprint density at radius 3 is 1.07 bits per heavy atom. The van der Waals surface area contributed by atoms with E-state index in [2.05, 4.69) is 79.6 Å².